The molecular formula is C22H24ClN7O2. The highest BCUT2D eigenvalue weighted by molar-refractivity contribution is 6.34. The molecule has 0 bridgehead atoms. The molecule has 10 heteroatoms. The van der Waals surface area contributed by atoms with Gasteiger partial charge in [-0.3, -0.25) is 9.69 Å². The van der Waals surface area contributed by atoms with Gasteiger partial charge in [-0.25, -0.2) is 15.0 Å². The average molecular weight is 454 g/mol. The number of halogens is 1. The summed E-state index contributed by atoms with van der Waals surface area (Å²) in [6.45, 7) is 4.49. The predicted octanol–water partition coefficient (Wildman–Crippen LogP) is 2.64. The average Bonchev–Trinajstić information content (AvgIpc) is 2.82. The lowest BCUT2D eigenvalue weighted by molar-refractivity contribution is 0.102. The van der Waals surface area contributed by atoms with Crippen LogP contribution in [0.1, 0.15) is 10.4 Å². The maximum atomic E-state index is 12.3. The standard InChI is InChI=1S/C22H24ClN7O2/c23-19-4-2-1-3-18(19)21(32)27-17-14-25-22(26-15-17)28-16-5-6-20(24-13-16)30-9-7-29(8-10-30)11-12-31/h1-6,13-15,31H,7-12H2,(H,27,32)(H,25,26,28). The Bertz CT molecular complexity index is 1040. The lowest BCUT2D eigenvalue weighted by Gasteiger charge is -2.35. The Kier molecular flexibility index (Phi) is 7.10. The summed E-state index contributed by atoms with van der Waals surface area (Å²) in [5.74, 6) is 0.988. The minimum absolute atomic E-state index is 0.190. The highest BCUT2D eigenvalue weighted by Crippen LogP contribution is 2.19. The van der Waals surface area contributed by atoms with Crippen molar-refractivity contribution < 1.29 is 9.90 Å². The Morgan fingerprint density at radius 3 is 2.34 bits per heavy atom. The number of nitrogens with one attached hydrogen (secondary N) is 2. The molecule has 9 nitrogen and oxygen atoms in total. The third-order valence-electron chi connectivity index (χ3n) is 5.14. The van der Waals surface area contributed by atoms with Gasteiger partial charge in [0.25, 0.3) is 5.91 Å². The van der Waals surface area contributed by atoms with Gasteiger partial charge in [-0.15, -0.1) is 0 Å². The molecule has 3 heterocycles. The molecule has 0 saturated carbocycles. The molecule has 1 aromatic carbocycles. The van der Waals surface area contributed by atoms with Crippen molar-refractivity contribution in [2.24, 2.45) is 0 Å². The Hall–Kier alpha value is -3.27. The zero-order valence-corrected chi connectivity index (χ0v) is 18.2. The van der Waals surface area contributed by atoms with E-state index in [4.69, 9.17) is 16.7 Å². The molecule has 166 valence electrons. The maximum Gasteiger partial charge on any atom is 0.257 e. The first-order valence-electron chi connectivity index (χ1n) is 10.3. The summed E-state index contributed by atoms with van der Waals surface area (Å²) in [5, 5.41) is 15.3. The molecule has 4 rings (SSSR count). The largest absolute Gasteiger partial charge is 0.395 e. The molecule has 1 aliphatic rings. The molecule has 1 amide bonds. The van der Waals surface area contributed by atoms with E-state index in [2.05, 4.69) is 35.4 Å². The Morgan fingerprint density at radius 1 is 0.969 bits per heavy atom. The van der Waals surface area contributed by atoms with Crippen molar-refractivity contribution in [1.82, 2.24) is 19.9 Å². The molecule has 2 aromatic heterocycles. The third-order valence-corrected chi connectivity index (χ3v) is 5.47. The quantitative estimate of drug-likeness (QED) is 0.501. The van der Waals surface area contributed by atoms with E-state index in [0.29, 0.717) is 28.8 Å². The van der Waals surface area contributed by atoms with Gasteiger partial charge in [0.15, 0.2) is 0 Å². The number of piperazine rings is 1. The summed E-state index contributed by atoms with van der Waals surface area (Å²) in [6.07, 6.45) is 4.79. The van der Waals surface area contributed by atoms with Crippen LogP contribution in [0.2, 0.25) is 5.02 Å². The van der Waals surface area contributed by atoms with E-state index >= 15 is 0 Å². The number of rotatable bonds is 7. The predicted molar refractivity (Wildman–Crippen MR) is 125 cm³/mol. The Balaban J connectivity index is 1.32. The molecule has 3 aromatic rings. The van der Waals surface area contributed by atoms with E-state index in [-0.39, 0.29) is 12.5 Å². The number of benzene rings is 1. The van der Waals surface area contributed by atoms with E-state index < -0.39 is 0 Å². The SMILES string of the molecule is O=C(Nc1cnc(Nc2ccc(N3CCN(CCO)CC3)nc2)nc1)c1ccccc1Cl. The maximum absolute atomic E-state index is 12.3. The first-order valence-corrected chi connectivity index (χ1v) is 10.7. The second kappa shape index (κ2) is 10.4. The normalized spacial score (nSPS) is 14.2. The molecule has 1 saturated heterocycles. The van der Waals surface area contributed by atoms with Gasteiger partial charge >= 0.3 is 0 Å². The number of pyridine rings is 1. The van der Waals surface area contributed by atoms with Crippen LogP contribution in [0.25, 0.3) is 0 Å². The van der Waals surface area contributed by atoms with Gasteiger partial charge in [-0.05, 0) is 24.3 Å². The number of anilines is 4. The van der Waals surface area contributed by atoms with Gasteiger partial charge in [0.1, 0.15) is 5.82 Å². The Morgan fingerprint density at radius 2 is 1.69 bits per heavy atom. The van der Waals surface area contributed by atoms with Gasteiger partial charge in [0.05, 0.1) is 47.2 Å². The van der Waals surface area contributed by atoms with Crippen LogP contribution in [-0.4, -0.2) is 70.2 Å². The number of nitrogens with zero attached hydrogens (tertiary/aromatic N) is 5. The van der Waals surface area contributed by atoms with E-state index in [1.165, 1.54) is 12.4 Å². The summed E-state index contributed by atoms with van der Waals surface area (Å²) in [7, 11) is 0. The van der Waals surface area contributed by atoms with Crippen molar-refractivity contribution >= 4 is 40.6 Å². The number of carbonyl (C=O) groups excluding carboxylic acids is 1. The van der Waals surface area contributed by atoms with Crippen LogP contribution in [0.5, 0.6) is 0 Å². The molecule has 0 aliphatic carbocycles. The van der Waals surface area contributed by atoms with Crippen molar-refractivity contribution in [1.29, 1.82) is 0 Å². The highest BCUT2D eigenvalue weighted by Gasteiger charge is 2.17. The number of aliphatic hydroxyl groups excluding tert-OH is 1. The lowest BCUT2D eigenvalue weighted by Crippen LogP contribution is -2.47. The number of hydrogen-bond donors (Lipinski definition) is 3. The Labute approximate surface area is 191 Å². The summed E-state index contributed by atoms with van der Waals surface area (Å²) in [5.41, 5.74) is 1.62. The van der Waals surface area contributed by atoms with Gasteiger partial charge in [0, 0.05) is 32.7 Å². The fourth-order valence-corrected chi connectivity index (χ4v) is 3.64. The van der Waals surface area contributed by atoms with Crippen LogP contribution < -0.4 is 15.5 Å². The topological polar surface area (TPSA) is 107 Å². The number of β-amino-alcohol motifs (C(OH)–C–C–N with tert-alkyl or cyclic N) is 1. The van der Waals surface area contributed by atoms with Crippen LogP contribution in [0.4, 0.5) is 23.1 Å². The molecule has 1 fully saturated rings. The molecule has 1 aliphatic heterocycles. The van der Waals surface area contributed by atoms with Gasteiger partial charge < -0.3 is 20.6 Å². The summed E-state index contributed by atoms with van der Waals surface area (Å²) in [4.78, 5) is 29.8. The first kappa shape index (κ1) is 21.9. The van der Waals surface area contributed by atoms with Crippen LogP contribution in [0, 0.1) is 0 Å². The molecule has 0 atom stereocenters. The number of hydrogen-bond acceptors (Lipinski definition) is 8. The van der Waals surface area contributed by atoms with Crippen LogP contribution in [0.15, 0.2) is 55.0 Å². The minimum atomic E-state index is -0.322. The zero-order valence-electron chi connectivity index (χ0n) is 17.4. The van der Waals surface area contributed by atoms with Gasteiger partial charge in [-0.1, -0.05) is 23.7 Å². The minimum Gasteiger partial charge on any atom is -0.395 e. The lowest BCUT2D eigenvalue weighted by atomic mass is 10.2. The van der Waals surface area contributed by atoms with E-state index in [1.54, 1.807) is 30.5 Å². The number of carbonyl (C=O) groups is 1. The summed E-state index contributed by atoms with van der Waals surface area (Å²) >= 11 is 6.06. The molecule has 0 radical (unpaired) electrons. The monoisotopic (exact) mass is 453 g/mol. The second-order valence-corrected chi connectivity index (χ2v) is 7.72. The number of amides is 1. The number of aromatic nitrogens is 3. The van der Waals surface area contributed by atoms with E-state index in [9.17, 15) is 4.79 Å². The molecule has 32 heavy (non-hydrogen) atoms. The van der Waals surface area contributed by atoms with Crippen molar-refractivity contribution in [3.63, 3.8) is 0 Å². The van der Waals surface area contributed by atoms with Crippen LogP contribution >= 0.6 is 11.6 Å². The second-order valence-electron chi connectivity index (χ2n) is 7.31. The van der Waals surface area contributed by atoms with Crippen LogP contribution in [-0.2, 0) is 0 Å². The van der Waals surface area contributed by atoms with Crippen molar-refractivity contribution in [2.75, 3.05) is 54.9 Å². The summed E-state index contributed by atoms with van der Waals surface area (Å²) < 4.78 is 0. The fourth-order valence-electron chi connectivity index (χ4n) is 3.42. The third kappa shape index (κ3) is 5.50. The summed E-state index contributed by atoms with van der Waals surface area (Å²) in [6, 6.07) is 10.7. The zero-order chi connectivity index (χ0) is 22.3. The molecule has 0 unspecified atom stereocenters. The van der Waals surface area contributed by atoms with Crippen LogP contribution in [0.3, 0.4) is 0 Å². The first-order chi connectivity index (χ1) is 15.6. The van der Waals surface area contributed by atoms with E-state index in [0.717, 1.165) is 37.7 Å². The smallest absolute Gasteiger partial charge is 0.257 e. The molecule has 0 spiro atoms. The highest BCUT2D eigenvalue weighted by atomic mass is 35.5. The number of aliphatic hydroxyl groups is 1. The molecular weight excluding hydrogens is 430 g/mol. The van der Waals surface area contributed by atoms with Crippen molar-refractivity contribution in [3.05, 3.63) is 65.6 Å². The van der Waals surface area contributed by atoms with Gasteiger partial charge in [0.2, 0.25) is 5.95 Å². The van der Waals surface area contributed by atoms with Gasteiger partial charge in [-0.2, -0.15) is 0 Å². The van der Waals surface area contributed by atoms with Crippen molar-refractivity contribution in [2.45, 2.75) is 0 Å². The molecule has 3 N–H and O–H groups in total. The van der Waals surface area contributed by atoms with Crippen molar-refractivity contribution in [3.8, 4) is 0 Å². The van der Waals surface area contributed by atoms with E-state index in [1.807, 2.05) is 12.1 Å². The fraction of sp³-hybridized carbons (Fsp3) is 0.273.